The van der Waals surface area contributed by atoms with E-state index in [9.17, 15) is 8.42 Å². The van der Waals surface area contributed by atoms with E-state index in [1.54, 1.807) is 15.6 Å². The maximum Gasteiger partial charge on any atom is 0.280 e. The van der Waals surface area contributed by atoms with Gasteiger partial charge in [0.1, 0.15) is 0 Å². The van der Waals surface area contributed by atoms with Gasteiger partial charge in [-0.25, -0.2) is 0 Å². The number of thiophene rings is 1. The first-order chi connectivity index (χ1) is 9.53. The van der Waals surface area contributed by atoms with E-state index in [-0.39, 0.29) is 6.04 Å². The third-order valence-corrected chi connectivity index (χ3v) is 6.45. The lowest BCUT2D eigenvalue weighted by molar-refractivity contribution is 0.267. The summed E-state index contributed by atoms with van der Waals surface area (Å²) in [7, 11) is -1.44. The smallest absolute Gasteiger partial charge is 0.280 e. The molecule has 5 nitrogen and oxygen atoms in total. The van der Waals surface area contributed by atoms with Crippen molar-refractivity contribution in [3.05, 3.63) is 22.4 Å². The topological polar surface area (TPSA) is 61.4 Å². The second kappa shape index (κ2) is 7.00. The molecule has 1 atom stereocenters. The molecule has 2 rings (SSSR count). The molecule has 2 N–H and O–H groups in total. The van der Waals surface area contributed by atoms with Crippen LogP contribution in [0.25, 0.3) is 0 Å². The van der Waals surface area contributed by atoms with Crippen molar-refractivity contribution in [2.45, 2.75) is 25.8 Å². The van der Waals surface area contributed by atoms with Crippen molar-refractivity contribution < 1.29 is 8.42 Å². The van der Waals surface area contributed by atoms with Gasteiger partial charge in [-0.05, 0) is 50.7 Å². The summed E-state index contributed by atoms with van der Waals surface area (Å²) in [4.78, 5) is 1.04. The summed E-state index contributed by atoms with van der Waals surface area (Å²) in [6.45, 7) is 4.07. The number of nitrogens with one attached hydrogen (secondary N) is 2. The highest BCUT2D eigenvalue weighted by atomic mass is 32.2. The molecule has 1 unspecified atom stereocenters. The Labute approximate surface area is 125 Å². The predicted molar refractivity (Wildman–Crippen MR) is 83.0 cm³/mol. The molecule has 1 aromatic rings. The Morgan fingerprint density at radius 1 is 1.45 bits per heavy atom. The Balaban J connectivity index is 1.91. The molecule has 0 spiro atoms. The van der Waals surface area contributed by atoms with E-state index in [4.69, 9.17) is 0 Å². The molecule has 0 radical (unpaired) electrons. The minimum Gasteiger partial charge on any atom is -0.319 e. The van der Waals surface area contributed by atoms with Gasteiger partial charge in [0.25, 0.3) is 10.2 Å². The lowest BCUT2D eigenvalue weighted by Crippen LogP contribution is -2.46. The molecule has 2 heterocycles. The summed E-state index contributed by atoms with van der Waals surface area (Å²) in [6, 6.07) is 3.72. The van der Waals surface area contributed by atoms with E-state index in [2.05, 4.69) is 10.0 Å². The normalized spacial score (nSPS) is 20.1. The fourth-order valence-corrected chi connectivity index (χ4v) is 4.76. The lowest BCUT2D eigenvalue weighted by Gasteiger charge is -2.31. The fourth-order valence-electron chi connectivity index (χ4n) is 2.54. The van der Waals surface area contributed by atoms with Gasteiger partial charge < -0.3 is 5.32 Å². The van der Waals surface area contributed by atoms with Crippen LogP contribution in [0.4, 0.5) is 0 Å². The second-order valence-electron chi connectivity index (χ2n) is 5.26. The third kappa shape index (κ3) is 4.02. The Kier molecular flexibility index (Phi) is 5.57. The van der Waals surface area contributed by atoms with Crippen molar-refractivity contribution in [3.63, 3.8) is 0 Å². The van der Waals surface area contributed by atoms with Crippen molar-refractivity contribution >= 4 is 21.5 Å². The maximum absolute atomic E-state index is 12.4. The lowest BCUT2D eigenvalue weighted by atomic mass is 9.98. The van der Waals surface area contributed by atoms with Crippen LogP contribution in [0.3, 0.4) is 0 Å². The van der Waals surface area contributed by atoms with Gasteiger partial charge in [-0.2, -0.15) is 17.4 Å². The maximum atomic E-state index is 12.4. The number of nitrogens with zero attached hydrogens (tertiary/aromatic N) is 1. The minimum absolute atomic E-state index is 0.171. The van der Waals surface area contributed by atoms with Crippen LogP contribution in [0.15, 0.2) is 17.5 Å². The predicted octanol–water partition coefficient (Wildman–Crippen LogP) is 1.57. The summed E-state index contributed by atoms with van der Waals surface area (Å²) in [5.74, 6) is 0.584. The van der Waals surface area contributed by atoms with Crippen LogP contribution in [-0.4, -0.2) is 39.4 Å². The van der Waals surface area contributed by atoms with Gasteiger partial charge in [0, 0.05) is 18.0 Å². The molecule has 1 saturated heterocycles. The van der Waals surface area contributed by atoms with Gasteiger partial charge in [-0.3, -0.25) is 0 Å². The molecule has 0 bridgehead atoms. The van der Waals surface area contributed by atoms with Gasteiger partial charge >= 0.3 is 0 Å². The molecule has 0 aromatic carbocycles. The van der Waals surface area contributed by atoms with Gasteiger partial charge in [-0.15, -0.1) is 11.3 Å². The molecule has 1 aromatic heterocycles. The first-order valence-electron chi connectivity index (χ1n) is 6.98. The highest BCUT2D eigenvalue weighted by molar-refractivity contribution is 7.87. The van der Waals surface area contributed by atoms with Gasteiger partial charge in [0.05, 0.1) is 6.04 Å². The van der Waals surface area contributed by atoms with E-state index >= 15 is 0 Å². The van der Waals surface area contributed by atoms with E-state index < -0.39 is 10.2 Å². The average Bonchev–Trinajstić information content (AvgIpc) is 2.93. The van der Waals surface area contributed by atoms with Crippen LogP contribution in [0.5, 0.6) is 0 Å². The minimum atomic E-state index is -3.38. The van der Waals surface area contributed by atoms with Crippen molar-refractivity contribution in [1.82, 2.24) is 14.3 Å². The zero-order valence-electron chi connectivity index (χ0n) is 12.0. The van der Waals surface area contributed by atoms with Crippen LogP contribution in [0.1, 0.15) is 30.7 Å². The number of hydrogen-bond donors (Lipinski definition) is 2. The summed E-state index contributed by atoms with van der Waals surface area (Å²) < 4.78 is 29.1. The van der Waals surface area contributed by atoms with Gasteiger partial charge in [0.15, 0.2) is 0 Å². The zero-order valence-corrected chi connectivity index (χ0v) is 13.6. The van der Waals surface area contributed by atoms with Crippen molar-refractivity contribution in [1.29, 1.82) is 0 Å². The molecule has 1 aliphatic heterocycles. The molecule has 1 fully saturated rings. The zero-order chi connectivity index (χ0) is 14.6. The standard InChI is InChI=1S/C13H23N3O2S2/c1-11(13-4-3-9-19-13)15-20(17,18)16-7-5-12(6-8-16)10-14-2/h3-4,9,11-12,14-15H,5-8,10H2,1-2H3. The van der Waals surface area contributed by atoms with E-state index in [1.165, 1.54) is 0 Å². The van der Waals surface area contributed by atoms with E-state index in [1.807, 2.05) is 31.5 Å². The van der Waals surface area contributed by atoms with Crippen molar-refractivity contribution in [3.8, 4) is 0 Å². The van der Waals surface area contributed by atoms with Crippen LogP contribution < -0.4 is 10.0 Å². The largest absolute Gasteiger partial charge is 0.319 e. The molecule has 0 amide bonds. The van der Waals surface area contributed by atoms with Crippen LogP contribution in [-0.2, 0) is 10.2 Å². The molecular formula is C13H23N3O2S2. The van der Waals surface area contributed by atoms with Crippen LogP contribution in [0, 0.1) is 5.92 Å². The number of hydrogen-bond acceptors (Lipinski definition) is 4. The average molecular weight is 317 g/mol. The summed E-state index contributed by atoms with van der Waals surface area (Å²) in [5, 5.41) is 5.12. The van der Waals surface area contributed by atoms with Crippen molar-refractivity contribution in [2.24, 2.45) is 5.92 Å². The Bertz CT molecular complexity index is 494. The first kappa shape index (κ1) is 15.9. The Morgan fingerprint density at radius 2 is 2.15 bits per heavy atom. The van der Waals surface area contributed by atoms with E-state index in [0.29, 0.717) is 19.0 Å². The summed E-state index contributed by atoms with van der Waals surface area (Å²) in [5.41, 5.74) is 0. The molecule has 1 aliphatic rings. The molecule has 0 aliphatic carbocycles. The summed E-state index contributed by atoms with van der Waals surface area (Å²) >= 11 is 1.57. The Hall–Kier alpha value is -0.470. The molecule has 0 saturated carbocycles. The highest BCUT2D eigenvalue weighted by Gasteiger charge is 2.29. The van der Waals surface area contributed by atoms with E-state index in [0.717, 1.165) is 24.3 Å². The molecule has 20 heavy (non-hydrogen) atoms. The number of piperidine rings is 1. The third-order valence-electron chi connectivity index (χ3n) is 3.70. The van der Waals surface area contributed by atoms with Crippen LogP contribution in [0.2, 0.25) is 0 Å². The molecular weight excluding hydrogens is 294 g/mol. The van der Waals surface area contributed by atoms with Crippen molar-refractivity contribution in [2.75, 3.05) is 26.7 Å². The number of rotatable bonds is 6. The fraction of sp³-hybridized carbons (Fsp3) is 0.692. The monoisotopic (exact) mass is 317 g/mol. The first-order valence-corrected chi connectivity index (χ1v) is 9.30. The SMILES string of the molecule is CNCC1CCN(S(=O)(=O)NC(C)c2cccs2)CC1. The van der Waals surface area contributed by atoms with Gasteiger partial charge in [0.2, 0.25) is 0 Å². The summed E-state index contributed by atoms with van der Waals surface area (Å²) in [6.07, 6.45) is 1.85. The van der Waals surface area contributed by atoms with Crippen LogP contribution >= 0.6 is 11.3 Å². The molecule has 7 heteroatoms. The second-order valence-corrected chi connectivity index (χ2v) is 7.94. The highest BCUT2D eigenvalue weighted by Crippen LogP contribution is 2.22. The van der Waals surface area contributed by atoms with Gasteiger partial charge in [-0.1, -0.05) is 6.07 Å². The quantitative estimate of drug-likeness (QED) is 0.837. The Morgan fingerprint density at radius 3 is 2.70 bits per heavy atom. The molecule has 114 valence electrons.